The minimum Gasteiger partial charge on any atom is -0.340 e. The fourth-order valence-electron chi connectivity index (χ4n) is 2.72. The zero-order chi connectivity index (χ0) is 18.5. The molecule has 1 heterocycles. The second kappa shape index (κ2) is 7.82. The van der Waals surface area contributed by atoms with E-state index < -0.39 is 6.04 Å². The van der Waals surface area contributed by atoms with Gasteiger partial charge in [0.15, 0.2) is 0 Å². The van der Waals surface area contributed by atoms with Crippen LogP contribution in [0.2, 0.25) is 0 Å². The number of nitrogens with one attached hydrogen (secondary N) is 3. The number of carbonyl (C=O) groups excluding carboxylic acids is 2. The number of anilines is 1. The first-order valence-electron chi connectivity index (χ1n) is 8.70. The maximum absolute atomic E-state index is 12.8. The monoisotopic (exact) mass is 350 g/mol. The van der Waals surface area contributed by atoms with Crippen molar-refractivity contribution in [1.29, 1.82) is 0 Å². The van der Waals surface area contributed by atoms with Crippen molar-refractivity contribution in [2.24, 2.45) is 5.92 Å². The van der Waals surface area contributed by atoms with Gasteiger partial charge in [0.05, 0.1) is 11.0 Å². The number of hydrogen-bond acceptors (Lipinski definition) is 3. The molecule has 6 nitrogen and oxygen atoms in total. The zero-order valence-corrected chi connectivity index (χ0v) is 14.8. The summed E-state index contributed by atoms with van der Waals surface area (Å²) in [7, 11) is 0. The Balaban J connectivity index is 1.76. The molecule has 0 fully saturated rings. The molecule has 3 rings (SSSR count). The number of aromatic amines is 1. The number of nitrogens with zero attached hydrogens (tertiary/aromatic N) is 1. The lowest BCUT2D eigenvalue weighted by Gasteiger charge is -2.23. The number of benzene rings is 2. The molecule has 1 aromatic heterocycles. The molecule has 6 heteroatoms. The topological polar surface area (TPSA) is 86.9 Å². The molecule has 0 radical (unpaired) electrons. The van der Waals surface area contributed by atoms with Crippen molar-refractivity contribution in [2.45, 2.75) is 26.3 Å². The normalized spacial score (nSPS) is 13.2. The second-order valence-corrected chi connectivity index (χ2v) is 6.29. The summed E-state index contributed by atoms with van der Waals surface area (Å²) in [5.74, 6) is -0.205. The van der Waals surface area contributed by atoms with Crippen molar-refractivity contribution < 1.29 is 9.59 Å². The van der Waals surface area contributed by atoms with Crippen LogP contribution in [-0.4, -0.2) is 27.8 Å². The van der Waals surface area contributed by atoms with Crippen LogP contribution in [0.25, 0.3) is 11.0 Å². The second-order valence-electron chi connectivity index (χ2n) is 6.29. The van der Waals surface area contributed by atoms with Crippen molar-refractivity contribution in [1.82, 2.24) is 15.3 Å². The Morgan fingerprint density at radius 1 is 1.08 bits per heavy atom. The fourth-order valence-corrected chi connectivity index (χ4v) is 2.72. The van der Waals surface area contributed by atoms with E-state index in [0.29, 0.717) is 11.5 Å². The van der Waals surface area contributed by atoms with E-state index in [0.717, 1.165) is 17.5 Å². The number of fused-ring (bicyclic) bond motifs is 1. The molecule has 0 bridgehead atoms. The zero-order valence-electron chi connectivity index (χ0n) is 14.8. The molecule has 2 aromatic carbocycles. The summed E-state index contributed by atoms with van der Waals surface area (Å²) in [6.07, 6.45) is 0.757. The molecule has 134 valence electrons. The van der Waals surface area contributed by atoms with Gasteiger partial charge < -0.3 is 10.3 Å². The van der Waals surface area contributed by atoms with E-state index in [1.54, 1.807) is 24.3 Å². The van der Waals surface area contributed by atoms with E-state index >= 15 is 0 Å². The predicted molar refractivity (Wildman–Crippen MR) is 102 cm³/mol. The highest BCUT2D eigenvalue weighted by Gasteiger charge is 2.27. The molecular weight excluding hydrogens is 328 g/mol. The van der Waals surface area contributed by atoms with Crippen molar-refractivity contribution in [3.63, 3.8) is 0 Å². The molecule has 0 aliphatic heterocycles. The Morgan fingerprint density at radius 3 is 2.46 bits per heavy atom. The van der Waals surface area contributed by atoms with Crippen LogP contribution in [0.5, 0.6) is 0 Å². The van der Waals surface area contributed by atoms with Crippen molar-refractivity contribution in [2.75, 3.05) is 5.32 Å². The van der Waals surface area contributed by atoms with Crippen molar-refractivity contribution in [3.8, 4) is 0 Å². The molecule has 3 aromatic rings. The molecule has 0 spiro atoms. The smallest absolute Gasteiger partial charge is 0.251 e. The average molecular weight is 350 g/mol. The summed E-state index contributed by atoms with van der Waals surface area (Å²) in [6, 6.07) is 15.8. The number of rotatable bonds is 6. The van der Waals surface area contributed by atoms with Crippen LogP contribution < -0.4 is 10.6 Å². The first-order valence-corrected chi connectivity index (χ1v) is 8.70. The predicted octanol–water partition coefficient (Wildman–Crippen LogP) is 3.35. The van der Waals surface area contributed by atoms with Crippen LogP contribution in [0.4, 0.5) is 5.95 Å². The van der Waals surface area contributed by atoms with Crippen LogP contribution in [0.1, 0.15) is 30.6 Å². The number of imidazole rings is 1. The van der Waals surface area contributed by atoms with Gasteiger partial charge in [-0.15, -0.1) is 0 Å². The van der Waals surface area contributed by atoms with Gasteiger partial charge in [-0.2, -0.15) is 0 Å². The molecule has 26 heavy (non-hydrogen) atoms. The van der Waals surface area contributed by atoms with E-state index in [1.165, 1.54) is 0 Å². The summed E-state index contributed by atoms with van der Waals surface area (Å²) in [5.41, 5.74) is 2.14. The third kappa shape index (κ3) is 3.91. The van der Waals surface area contributed by atoms with Crippen LogP contribution >= 0.6 is 0 Å². The number of carbonyl (C=O) groups is 2. The Bertz CT molecular complexity index is 871. The Kier molecular flexibility index (Phi) is 5.31. The lowest BCUT2D eigenvalue weighted by Crippen LogP contribution is -2.47. The van der Waals surface area contributed by atoms with Crippen LogP contribution in [0.3, 0.4) is 0 Å². The summed E-state index contributed by atoms with van der Waals surface area (Å²) in [6.45, 7) is 3.93. The minimum atomic E-state index is -0.652. The largest absolute Gasteiger partial charge is 0.340 e. The molecule has 2 unspecified atom stereocenters. The fraction of sp³-hybridized carbons (Fsp3) is 0.250. The van der Waals surface area contributed by atoms with Gasteiger partial charge >= 0.3 is 0 Å². The third-order valence-electron chi connectivity index (χ3n) is 4.45. The highest BCUT2D eigenvalue weighted by atomic mass is 16.2. The molecule has 3 N–H and O–H groups in total. The third-order valence-corrected chi connectivity index (χ3v) is 4.45. The van der Waals surface area contributed by atoms with Gasteiger partial charge in [0.2, 0.25) is 11.9 Å². The van der Waals surface area contributed by atoms with E-state index in [9.17, 15) is 9.59 Å². The molecular formula is C20H22N4O2. The number of amides is 2. The van der Waals surface area contributed by atoms with Crippen molar-refractivity contribution >= 4 is 28.8 Å². The van der Waals surface area contributed by atoms with Gasteiger partial charge in [-0.25, -0.2) is 4.98 Å². The molecule has 0 aliphatic rings. The summed E-state index contributed by atoms with van der Waals surface area (Å²) < 4.78 is 0. The molecule has 0 saturated heterocycles. The van der Waals surface area contributed by atoms with Gasteiger partial charge in [0.25, 0.3) is 5.91 Å². The highest BCUT2D eigenvalue weighted by molar-refractivity contribution is 6.01. The van der Waals surface area contributed by atoms with Crippen LogP contribution in [-0.2, 0) is 4.79 Å². The standard InChI is InChI=1S/C20H22N4O2/c1-3-13(2)17(23-18(25)14-9-5-4-6-10-14)19(26)24-20-21-15-11-7-8-12-16(15)22-20/h4-13,17H,3H2,1-2H3,(H,23,25)(H2,21,22,24,26). The Hall–Kier alpha value is -3.15. The van der Waals surface area contributed by atoms with Crippen molar-refractivity contribution in [3.05, 3.63) is 60.2 Å². The maximum atomic E-state index is 12.8. The number of para-hydroxylation sites is 2. The van der Waals surface area contributed by atoms with E-state index in [1.807, 2.05) is 44.2 Å². The van der Waals surface area contributed by atoms with Gasteiger partial charge in [0.1, 0.15) is 6.04 Å². The van der Waals surface area contributed by atoms with Gasteiger partial charge in [-0.05, 0) is 30.2 Å². The Morgan fingerprint density at radius 2 is 1.77 bits per heavy atom. The number of H-pyrrole nitrogens is 1. The summed E-state index contributed by atoms with van der Waals surface area (Å²) in [4.78, 5) is 32.7. The van der Waals surface area contributed by atoms with Crippen LogP contribution in [0.15, 0.2) is 54.6 Å². The van der Waals surface area contributed by atoms with Gasteiger partial charge in [0, 0.05) is 5.56 Å². The molecule has 0 aliphatic carbocycles. The first kappa shape index (κ1) is 17.7. The molecule has 0 saturated carbocycles. The number of aromatic nitrogens is 2. The SMILES string of the molecule is CCC(C)C(NC(=O)c1ccccc1)C(=O)Nc1nc2ccccc2[nH]1. The lowest BCUT2D eigenvalue weighted by atomic mass is 9.98. The average Bonchev–Trinajstić information content (AvgIpc) is 3.08. The van der Waals surface area contributed by atoms with E-state index in [-0.39, 0.29) is 17.7 Å². The van der Waals surface area contributed by atoms with E-state index in [2.05, 4.69) is 20.6 Å². The first-order chi connectivity index (χ1) is 12.6. The number of hydrogen-bond donors (Lipinski definition) is 3. The lowest BCUT2D eigenvalue weighted by molar-refractivity contribution is -0.119. The van der Waals surface area contributed by atoms with Gasteiger partial charge in [-0.1, -0.05) is 50.6 Å². The van der Waals surface area contributed by atoms with Crippen LogP contribution in [0, 0.1) is 5.92 Å². The van der Waals surface area contributed by atoms with E-state index in [4.69, 9.17) is 0 Å². The summed E-state index contributed by atoms with van der Waals surface area (Å²) >= 11 is 0. The molecule has 2 amide bonds. The van der Waals surface area contributed by atoms with Gasteiger partial charge in [-0.3, -0.25) is 14.9 Å². The Labute approximate surface area is 152 Å². The highest BCUT2D eigenvalue weighted by Crippen LogP contribution is 2.15. The summed E-state index contributed by atoms with van der Waals surface area (Å²) in [5, 5.41) is 5.63. The minimum absolute atomic E-state index is 0.0213. The maximum Gasteiger partial charge on any atom is 0.251 e. The quantitative estimate of drug-likeness (QED) is 0.637. The molecule has 2 atom stereocenters.